The first kappa shape index (κ1) is 31.6. The summed E-state index contributed by atoms with van der Waals surface area (Å²) in [5.41, 5.74) is 2.26. The number of benzene rings is 3. The maximum absolute atomic E-state index is 14.1. The Balaban J connectivity index is 1.44. The van der Waals surface area contributed by atoms with Crippen LogP contribution in [-0.4, -0.2) is 58.0 Å². The topological polar surface area (TPSA) is 126 Å². The van der Waals surface area contributed by atoms with E-state index in [-0.39, 0.29) is 42.1 Å². The Kier molecular flexibility index (Phi) is 9.48. The highest BCUT2D eigenvalue weighted by molar-refractivity contribution is 6.13. The Morgan fingerprint density at radius 2 is 1.67 bits per heavy atom. The molecule has 0 saturated carbocycles. The molecule has 1 aliphatic heterocycles. The van der Waals surface area contributed by atoms with E-state index in [0.29, 0.717) is 11.1 Å². The summed E-state index contributed by atoms with van der Waals surface area (Å²) in [5, 5.41) is 20.4. The Morgan fingerprint density at radius 3 is 2.40 bits per heavy atom. The van der Waals surface area contributed by atoms with Gasteiger partial charge in [-0.25, -0.2) is 4.39 Å². The van der Waals surface area contributed by atoms with Crippen molar-refractivity contribution >= 4 is 45.7 Å². The number of anilines is 3. The van der Waals surface area contributed by atoms with Crippen LogP contribution in [0.25, 0.3) is 10.9 Å². The van der Waals surface area contributed by atoms with Crippen LogP contribution in [0.5, 0.6) is 0 Å². The highest BCUT2D eigenvalue weighted by Crippen LogP contribution is 2.31. The van der Waals surface area contributed by atoms with Gasteiger partial charge in [-0.2, -0.15) is 5.10 Å². The smallest absolute Gasteiger partial charge is 0.310 e. The molecule has 0 unspecified atom stereocenters. The number of esters is 1. The standard InChI is InChI=1S/C34H38FN5O5/c1-34(2,3)45-30(42)21-23-19-24(35)12-13-26(23)36-32(43)22-11-14-29(39-15-7-4-8-16-39)27(20-22)37-33(44)31-25-9-5-6-10-28(25)40(38-31)17-18-41/h5-6,9-14,19-20,41H,4,7-8,15-18,21H2,1-3H3,(H,36,43)(H,37,44). The average Bonchev–Trinajstić information content (AvgIpc) is 3.37. The fraction of sp³-hybridized carbons (Fsp3) is 0.353. The Hall–Kier alpha value is -4.77. The molecule has 0 spiro atoms. The van der Waals surface area contributed by atoms with E-state index in [2.05, 4.69) is 20.6 Å². The minimum atomic E-state index is -0.714. The molecule has 11 heteroatoms. The molecule has 1 aromatic heterocycles. The van der Waals surface area contributed by atoms with Gasteiger partial charge in [0.05, 0.1) is 36.5 Å². The number of nitrogens with zero attached hydrogens (tertiary/aromatic N) is 3. The SMILES string of the molecule is CC(C)(C)OC(=O)Cc1cc(F)ccc1NC(=O)c1ccc(N2CCCCC2)c(NC(=O)c2nn(CCO)c3ccccc23)c1. The third-order valence-electron chi connectivity index (χ3n) is 7.46. The molecule has 0 radical (unpaired) electrons. The van der Waals surface area contributed by atoms with Crippen LogP contribution in [0.3, 0.4) is 0 Å². The number of piperidine rings is 1. The molecule has 2 amide bonds. The molecule has 1 saturated heterocycles. The molecule has 10 nitrogen and oxygen atoms in total. The lowest BCUT2D eigenvalue weighted by atomic mass is 10.1. The normalized spacial score (nSPS) is 13.5. The minimum Gasteiger partial charge on any atom is -0.460 e. The first-order chi connectivity index (χ1) is 21.5. The predicted molar refractivity (Wildman–Crippen MR) is 171 cm³/mol. The third kappa shape index (κ3) is 7.66. The number of aliphatic hydroxyl groups excluding tert-OH is 1. The summed E-state index contributed by atoms with van der Waals surface area (Å²) in [4.78, 5) is 41.9. The van der Waals surface area contributed by atoms with Crippen LogP contribution in [0.4, 0.5) is 21.5 Å². The summed E-state index contributed by atoms with van der Waals surface area (Å²) in [6, 6.07) is 16.2. The Bertz CT molecular complexity index is 1720. The van der Waals surface area contributed by atoms with E-state index in [1.807, 2.05) is 24.3 Å². The van der Waals surface area contributed by atoms with Gasteiger partial charge in [-0.05, 0) is 88.1 Å². The molecule has 5 rings (SSSR count). The van der Waals surface area contributed by atoms with Crippen molar-refractivity contribution in [2.45, 2.75) is 58.6 Å². The molecule has 1 aliphatic rings. The zero-order valence-electron chi connectivity index (χ0n) is 25.7. The van der Waals surface area contributed by atoms with Gasteiger partial charge in [-0.1, -0.05) is 18.2 Å². The monoisotopic (exact) mass is 615 g/mol. The van der Waals surface area contributed by atoms with E-state index in [9.17, 15) is 23.9 Å². The number of para-hydroxylation sites is 1. The highest BCUT2D eigenvalue weighted by Gasteiger charge is 2.23. The molecule has 3 aromatic carbocycles. The number of carbonyl (C=O) groups is 3. The number of fused-ring (bicyclic) bond motifs is 1. The van der Waals surface area contributed by atoms with Gasteiger partial charge in [-0.15, -0.1) is 0 Å². The van der Waals surface area contributed by atoms with Crippen molar-refractivity contribution in [3.05, 3.63) is 83.3 Å². The third-order valence-corrected chi connectivity index (χ3v) is 7.46. The lowest BCUT2D eigenvalue weighted by Crippen LogP contribution is -2.30. The van der Waals surface area contributed by atoms with Gasteiger partial charge in [0.2, 0.25) is 0 Å². The van der Waals surface area contributed by atoms with Crippen molar-refractivity contribution in [3.63, 3.8) is 0 Å². The van der Waals surface area contributed by atoms with Crippen molar-refractivity contribution < 1.29 is 28.6 Å². The van der Waals surface area contributed by atoms with Gasteiger partial charge in [0.25, 0.3) is 11.8 Å². The molecule has 236 valence electrons. The number of nitrogens with one attached hydrogen (secondary N) is 2. The molecule has 4 aromatic rings. The zero-order valence-corrected chi connectivity index (χ0v) is 25.7. The number of amides is 2. The molecular weight excluding hydrogens is 577 g/mol. The van der Waals surface area contributed by atoms with Crippen molar-refractivity contribution in [2.75, 3.05) is 35.2 Å². The largest absolute Gasteiger partial charge is 0.460 e. The van der Waals surface area contributed by atoms with Crippen LogP contribution in [0.15, 0.2) is 60.7 Å². The minimum absolute atomic E-state index is 0.128. The van der Waals surface area contributed by atoms with Gasteiger partial charge in [-0.3, -0.25) is 19.1 Å². The van der Waals surface area contributed by atoms with Crippen LogP contribution in [-0.2, 0) is 22.5 Å². The first-order valence-corrected chi connectivity index (χ1v) is 15.1. The maximum atomic E-state index is 14.1. The van der Waals surface area contributed by atoms with Crippen LogP contribution >= 0.6 is 0 Å². The Labute approximate surface area is 261 Å². The second kappa shape index (κ2) is 13.5. The molecule has 0 bridgehead atoms. The fourth-order valence-corrected chi connectivity index (χ4v) is 5.49. The van der Waals surface area contributed by atoms with Crippen LogP contribution in [0.2, 0.25) is 0 Å². The number of aliphatic hydroxyl groups is 1. The summed E-state index contributed by atoms with van der Waals surface area (Å²) < 4.78 is 21.1. The van der Waals surface area contributed by atoms with Crippen LogP contribution in [0, 0.1) is 5.82 Å². The predicted octanol–water partition coefficient (Wildman–Crippen LogP) is 5.55. The van der Waals surface area contributed by atoms with Crippen LogP contribution in [0.1, 0.15) is 66.4 Å². The Morgan fingerprint density at radius 1 is 0.933 bits per heavy atom. The van der Waals surface area contributed by atoms with E-state index in [0.717, 1.165) is 43.6 Å². The number of rotatable bonds is 9. The van der Waals surface area contributed by atoms with E-state index in [4.69, 9.17) is 4.74 Å². The van der Waals surface area contributed by atoms with Gasteiger partial charge >= 0.3 is 5.97 Å². The van der Waals surface area contributed by atoms with Crippen molar-refractivity contribution in [3.8, 4) is 0 Å². The van der Waals surface area contributed by atoms with Gasteiger partial charge in [0.1, 0.15) is 11.4 Å². The van der Waals surface area contributed by atoms with E-state index >= 15 is 0 Å². The summed E-state index contributed by atoms with van der Waals surface area (Å²) in [6.07, 6.45) is 2.92. The van der Waals surface area contributed by atoms with Gasteiger partial charge in [0.15, 0.2) is 5.69 Å². The first-order valence-electron chi connectivity index (χ1n) is 15.1. The molecule has 2 heterocycles. The summed E-state index contributed by atoms with van der Waals surface area (Å²) in [6.45, 7) is 6.96. The summed E-state index contributed by atoms with van der Waals surface area (Å²) in [5.74, 6) is -2.04. The van der Waals surface area contributed by atoms with E-state index in [1.54, 1.807) is 43.7 Å². The second-order valence-corrected chi connectivity index (χ2v) is 12.1. The maximum Gasteiger partial charge on any atom is 0.310 e. The molecule has 45 heavy (non-hydrogen) atoms. The van der Waals surface area contributed by atoms with Crippen LogP contribution < -0.4 is 15.5 Å². The van der Waals surface area contributed by atoms with Crippen molar-refractivity contribution in [1.29, 1.82) is 0 Å². The number of aromatic nitrogens is 2. The number of ether oxygens (including phenoxy) is 1. The van der Waals surface area contributed by atoms with Crippen molar-refractivity contribution in [2.24, 2.45) is 0 Å². The second-order valence-electron chi connectivity index (χ2n) is 12.1. The molecule has 1 fully saturated rings. The molecule has 0 aliphatic carbocycles. The fourth-order valence-electron chi connectivity index (χ4n) is 5.49. The molecular formula is C34H38FN5O5. The zero-order chi connectivity index (χ0) is 32.1. The highest BCUT2D eigenvalue weighted by atomic mass is 19.1. The van der Waals surface area contributed by atoms with E-state index < -0.39 is 29.2 Å². The van der Waals surface area contributed by atoms with Crippen molar-refractivity contribution in [1.82, 2.24) is 9.78 Å². The number of carbonyl (C=O) groups excluding carboxylic acids is 3. The lowest BCUT2D eigenvalue weighted by Gasteiger charge is -2.30. The number of halogens is 1. The summed E-state index contributed by atoms with van der Waals surface area (Å²) in [7, 11) is 0. The quantitative estimate of drug-likeness (QED) is 0.211. The lowest BCUT2D eigenvalue weighted by molar-refractivity contribution is -0.153. The molecule has 0 atom stereocenters. The summed E-state index contributed by atoms with van der Waals surface area (Å²) >= 11 is 0. The average molecular weight is 616 g/mol. The van der Waals surface area contributed by atoms with Gasteiger partial charge in [0, 0.05) is 29.7 Å². The van der Waals surface area contributed by atoms with Gasteiger partial charge < -0.3 is 25.4 Å². The van der Waals surface area contributed by atoms with E-state index in [1.165, 1.54) is 18.2 Å². The number of hydrogen-bond donors (Lipinski definition) is 3. The number of hydrogen-bond acceptors (Lipinski definition) is 7. The molecule has 3 N–H and O–H groups in total.